The van der Waals surface area contributed by atoms with Gasteiger partial charge < -0.3 is 20.4 Å². The summed E-state index contributed by atoms with van der Waals surface area (Å²) in [4.78, 5) is 15.2. The molecule has 3 aliphatic rings. The van der Waals surface area contributed by atoms with Gasteiger partial charge in [0.25, 0.3) is 5.91 Å². The number of aliphatic hydroxyl groups is 1. The van der Waals surface area contributed by atoms with Crippen molar-refractivity contribution >= 4 is 5.91 Å². The number of hydrogen-bond donors (Lipinski definition) is 3. The van der Waals surface area contributed by atoms with Crippen LogP contribution >= 0.6 is 0 Å². The number of carbonyl (C=O) groups is 1. The van der Waals surface area contributed by atoms with E-state index in [1.54, 1.807) is 6.07 Å². The lowest BCUT2D eigenvalue weighted by atomic mass is 9.55. The molecule has 0 radical (unpaired) electrons. The molecule has 5 rings (SSSR count). The number of benzene rings is 2. The largest absolute Gasteiger partial charge is 0.508 e. The first-order valence-corrected chi connectivity index (χ1v) is 11.6. The van der Waals surface area contributed by atoms with Crippen molar-refractivity contribution in [3.05, 3.63) is 65.7 Å². The number of rotatable bonds is 5. The summed E-state index contributed by atoms with van der Waals surface area (Å²) < 4.78 is 0. The molecular formula is C26H32N2O3. The van der Waals surface area contributed by atoms with Crippen LogP contribution in [0.25, 0.3) is 0 Å². The molecule has 3 N–H and O–H groups in total. The topological polar surface area (TPSA) is 72.8 Å². The smallest absolute Gasteiger partial charge is 0.251 e. The Balaban J connectivity index is 1.42. The predicted octanol–water partition coefficient (Wildman–Crippen LogP) is 3.46. The van der Waals surface area contributed by atoms with E-state index in [2.05, 4.69) is 10.2 Å². The second-order valence-corrected chi connectivity index (χ2v) is 9.87. The van der Waals surface area contributed by atoms with E-state index in [1.165, 1.54) is 12.8 Å². The molecule has 3 atom stereocenters. The van der Waals surface area contributed by atoms with Crippen molar-refractivity contribution in [2.75, 3.05) is 19.6 Å². The van der Waals surface area contributed by atoms with Crippen LogP contribution in [0.2, 0.25) is 0 Å². The minimum atomic E-state index is -0.859. The van der Waals surface area contributed by atoms with Gasteiger partial charge in [0.1, 0.15) is 5.75 Å². The van der Waals surface area contributed by atoms with E-state index in [-0.39, 0.29) is 17.7 Å². The van der Waals surface area contributed by atoms with E-state index < -0.39 is 11.0 Å². The number of aromatic hydroxyl groups is 1. The van der Waals surface area contributed by atoms with Crippen LogP contribution in [0.4, 0.5) is 0 Å². The van der Waals surface area contributed by atoms with Gasteiger partial charge in [-0.15, -0.1) is 0 Å². The van der Waals surface area contributed by atoms with Gasteiger partial charge in [0.15, 0.2) is 0 Å². The lowest BCUT2D eigenvalue weighted by Crippen LogP contribution is -2.67. The fourth-order valence-electron chi connectivity index (χ4n) is 5.87. The van der Waals surface area contributed by atoms with Crippen LogP contribution in [0.15, 0.2) is 54.6 Å². The van der Waals surface area contributed by atoms with Crippen LogP contribution in [0.5, 0.6) is 5.75 Å². The number of hydrogen-bond acceptors (Lipinski definition) is 4. The Morgan fingerprint density at radius 2 is 1.87 bits per heavy atom. The molecule has 3 fully saturated rings. The summed E-state index contributed by atoms with van der Waals surface area (Å²) in [5.74, 6) is 0.955. The Morgan fingerprint density at radius 3 is 2.61 bits per heavy atom. The number of nitrogens with zero attached hydrogens (tertiary/aromatic N) is 1. The molecule has 2 aromatic rings. The first-order valence-electron chi connectivity index (χ1n) is 11.6. The second kappa shape index (κ2) is 7.95. The molecule has 1 amide bonds. The Labute approximate surface area is 184 Å². The fraction of sp³-hybridized carbons (Fsp3) is 0.500. The Kier molecular flexibility index (Phi) is 5.27. The van der Waals surface area contributed by atoms with Crippen LogP contribution in [0, 0.1) is 5.92 Å². The average Bonchev–Trinajstić information content (AvgIpc) is 3.58. The lowest BCUT2D eigenvalue weighted by molar-refractivity contribution is -0.126. The van der Waals surface area contributed by atoms with Crippen molar-refractivity contribution < 1.29 is 15.0 Å². The van der Waals surface area contributed by atoms with Crippen molar-refractivity contribution in [2.24, 2.45) is 5.92 Å². The zero-order valence-corrected chi connectivity index (χ0v) is 18.0. The fourth-order valence-corrected chi connectivity index (χ4v) is 5.87. The van der Waals surface area contributed by atoms with Gasteiger partial charge in [-0.05, 0) is 80.8 Å². The van der Waals surface area contributed by atoms with Crippen molar-refractivity contribution in [1.82, 2.24) is 10.2 Å². The minimum absolute atomic E-state index is 0.00897. The van der Waals surface area contributed by atoms with Gasteiger partial charge in [-0.25, -0.2) is 0 Å². The molecule has 164 valence electrons. The maximum Gasteiger partial charge on any atom is 0.251 e. The zero-order chi connectivity index (χ0) is 21.5. The third-order valence-electron chi connectivity index (χ3n) is 7.72. The van der Waals surface area contributed by atoms with Gasteiger partial charge in [0.2, 0.25) is 0 Å². The van der Waals surface area contributed by atoms with E-state index >= 15 is 0 Å². The van der Waals surface area contributed by atoms with Gasteiger partial charge in [-0.2, -0.15) is 0 Å². The highest BCUT2D eigenvalue weighted by molar-refractivity contribution is 5.94. The molecule has 0 aromatic heterocycles. The SMILES string of the molecule is O=C(N[C@H]1CCC2(O)CN(CC3CC3)CCC2(c2cccc(O)c2)C1)c1ccccc1. The molecule has 5 heteroatoms. The Bertz CT molecular complexity index is 945. The standard InChI is InChI=1S/C26H32N2O3/c29-23-8-4-7-21(15-23)25-13-14-28(17-19-9-10-19)18-26(25,31)12-11-22(16-25)27-24(30)20-5-2-1-3-6-20/h1-8,15,19,22,29,31H,9-14,16-18H2,(H,27,30)/t22-,25?,26?/m0/s1. The Morgan fingerprint density at radius 1 is 1.06 bits per heavy atom. The van der Waals surface area contributed by atoms with Gasteiger partial charge in [-0.1, -0.05) is 30.3 Å². The van der Waals surface area contributed by atoms with Crippen molar-refractivity contribution in [2.45, 2.75) is 55.6 Å². The average molecular weight is 421 g/mol. The van der Waals surface area contributed by atoms with E-state index in [1.807, 2.05) is 48.5 Å². The van der Waals surface area contributed by atoms with Crippen LogP contribution < -0.4 is 5.32 Å². The van der Waals surface area contributed by atoms with E-state index in [0.29, 0.717) is 24.9 Å². The summed E-state index contributed by atoms with van der Waals surface area (Å²) >= 11 is 0. The first kappa shape index (κ1) is 20.5. The molecule has 2 aliphatic carbocycles. The highest BCUT2D eigenvalue weighted by atomic mass is 16.3. The normalized spacial score (nSPS) is 31.1. The quantitative estimate of drug-likeness (QED) is 0.693. The van der Waals surface area contributed by atoms with Crippen molar-refractivity contribution in [1.29, 1.82) is 0 Å². The number of β-amino-alcohol motifs (C(OH)–C–C–N with tert-alkyl or cyclic N) is 1. The number of fused-ring (bicyclic) bond motifs is 1. The molecule has 2 saturated carbocycles. The number of carbonyl (C=O) groups excluding carboxylic acids is 1. The number of phenolic OH excluding ortho intramolecular Hbond substituents is 1. The monoisotopic (exact) mass is 420 g/mol. The molecule has 5 nitrogen and oxygen atoms in total. The molecule has 2 unspecified atom stereocenters. The van der Waals surface area contributed by atoms with Crippen LogP contribution in [0.3, 0.4) is 0 Å². The number of amides is 1. The van der Waals surface area contributed by atoms with Crippen molar-refractivity contribution in [3.8, 4) is 5.75 Å². The number of nitrogens with one attached hydrogen (secondary N) is 1. The maximum absolute atomic E-state index is 12.8. The molecular weight excluding hydrogens is 388 g/mol. The van der Waals surface area contributed by atoms with Gasteiger partial charge in [-0.3, -0.25) is 4.79 Å². The third-order valence-corrected chi connectivity index (χ3v) is 7.72. The number of piperidine rings is 1. The summed E-state index contributed by atoms with van der Waals surface area (Å²) in [5.41, 5.74) is 0.314. The van der Waals surface area contributed by atoms with Gasteiger partial charge >= 0.3 is 0 Å². The summed E-state index contributed by atoms with van der Waals surface area (Å²) in [6.07, 6.45) is 5.52. The highest BCUT2D eigenvalue weighted by Crippen LogP contribution is 2.52. The highest BCUT2D eigenvalue weighted by Gasteiger charge is 2.57. The molecule has 1 aliphatic heterocycles. The molecule has 31 heavy (non-hydrogen) atoms. The van der Waals surface area contributed by atoms with Crippen LogP contribution in [0.1, 0.15) is 54.4 Å². The molecule has 1 heterocycles. The lowest BCUT2D eigenvalue weighted by Gasteiger charge is -2.58. The molecule has 2 aromatic carbocycles. The van der Waals surface area contributed by atoms with E-state index in [4.69, 9.17) is 0 Å². The molecule has 0 bridgehead atoms. The summed E-state index contributed by atoms with van der Waals surface area (Å²) in [6.45, 7) is 2.68. The minimum Gasteiger partial charge on any atom is -0.508 e. The number of phenols is 1. The summed E-state index contributed by atoms with van der Waals surface area (Å²) in [7, 11) is 0. The maximum atomic E-state index is 12.8. The van der Waals surface area contributed by atoms with E-state index in [9.17, 15) is 15.0 Å². The summed E-state index contributed by atoms with van der Waals surface area (Å²) in [5, 5.41) is 25.4. The summed E-state index contributed by atoms with van der Waals surface area (Å²) in [6, 6.07) is 16.7. The van der Waals surface area contributed by atoms with Crippen molar-refractivity contribution in [3.63, 3.8) is 0 Å². The third kappa shape index (κ3) is 3.97. The number of likely N-dealkylation sites (tertiary alicyclic amines) is 1. The Hall–Kier alpha value is -2.37. The second-order valence-electron chi connectivity index (χ2n) is 9.87. The van der Waals surface area contributed by atoms with Crippen LogP contribution in [-0.4, -0.2) is 52.3 Å². The van der Waals surface area contributed by atoms with Gasteiger partial charge in [0, 0.05) is 30.1 Å². The first-order chi connectivity index (χ1) is 15.0. The van der Waals surface area contributed by atoms with Gasteiger partial charge in [0.05, 0.1) is 5.60 Å². The zero-order valence-electron chi connectivity index (χ0n) is 18.0. The predicted molar refractivity (Wildman–Crippen MR) is 120 cm³/mol. The molecule has 1 saturated heterocycles. The molecule has 0 spiro atoms. The van der Waals surface area contributed by atoms with E-state index in [0.717, 1.165) is 37.4 Å². The van der Waals surface area contributed by atoms with Crippen LogP contribution in [-0.2, 0) is 5.41 Å².